The molecule has 1 N–H and O–H groups in total. The van der Waals surface area contributed by atoms with Crippen LogP contribution in [0.4, 0.5) is 5.95 Å². The van der Waals surface area contributed by atoms with Crippen LogP contribution in [-0.4, -0.2) is 39.4 Å². The number of carbonyl (C=O) groups is 1. The molecule has 0 spiro atoms. The highest BCUT2D eigenvalue weighted by Crippen LogP contribution is 2.40. The van der Waals surface area contributed by atoms with Gasteiger partial charge in [-0.1, -0.05) is 28.0 Å². The SMILES string of the molecule is CCCOC(=O)C1=C(C)Nc2nnnn2C1c1cc(Br)ccc1OCC. The number of hydrogen-bond donors (Lipinski definition) is 1. The first-order chi connectivity index (χ1) is 12.6. The zero-order valence-electron chi connectivity index (χ0n) is 14.8. The van der Waals surface area contributed by atoms with Crippen molar-refractivity contribution in [3.63, 3.8) is 0 Å². The topological polar surface area (TPSA) is 91.2 Å². The van der Waals surface area contributed by atoms with E-state index in [-0.39, 0.29) is 0 Å². The highest BCUT2D eigenvalue weighted by Gasteiger charge is 2.36. The molecule has 0 bridgehead atoms. The Morgan fingerprint density at radius 3 is 2.92 bits per heavy atom. The summed E-state index contributed by atoms with van der Waals surface area (Å²) in [5, 5.41) is 14.9. The van der Waals surface area contributed by atoms with E-state index in [0.29, 0.717) is 36.2 Å². The molecule has 0 radical (unpaired) electrons. The number of benzene rings is 1. The number of aromatic nitrogens is 4. The summed E-state index contributed by atoms with van der Waals surface area (Å²) in [6.07, 6.45) is 0.743. The summed E-state index contributed by atoms with van der Waals surface area (Å²) < 4.78 is 13.6. The minimum atomic E-state index is -0.551. The Hall–Kier alpha value is -2.42. The number of rotatable bonds is 6. The van der Waals surface area contributed by atoms with Crippen LogP contribution in [0.5, 0.6) is 5.75 Å². The molecule has 0 fully saturated rings. The third kappa shape index (κ3) is 3.44. The number of anilines is 1. The van der Waals surface area contributed by atoms with E-state index in [1.54, 1.807) is 4.68 Å². The van der Waals surface area contributed by atoms with Crippen molar-refractivity contribution >= 4 is 27.8 Å². The van der Waals surface area contributed by atoms with Crippen LogP contribution >= 0.6 is 15.9 Å². The van der Waals surface area contributed by atoms with Gasteiger partial charge in [-0.3, -0.25) is 0 Å². The quantitative estimate of drug-likeness (QED) is 0.716. The largest absolute Gasteiger partial charge is 0.494 e. The van der Waals surface area contributed by atoms with Gasteiger partial charge in [0.1, 0.15) is 11.8 Å². The van der Waals surface area contributed by atoms with E-state index in [1.165, 1.54) is 0 Å². The molecule has 138 valence electrons. The fourth-order valence-electron chi connectivity index (χ4n) is 2.86. The molecule has 1 aromatic carbocycles. The van der Waals surface area contributed by atoms with Crippen molar-refractivity contribution in [3.05, 3.63) is 39.5 Å². The molecule has 0 aliphatic carbocycles. The molecule has 8 nitrogen and oxygen atoms in total. The molecule has 3 rings (SSSR count). The van der Waals surface area contributed by atoms with Gasteiger partial charge in [0.15, 0.2) is 0 Å². The molecule has 2 aromatic rings. The fourth-order valence-corrected chi connectivity index (χ4v) is 3.24. The first-order valence-corrected chi connectivity index (χ1v) is 9.21. The Morgan fingerprint density at radius 1 is 1.38 bits per heavy atom. The standard InChI is InChI=1S/C17H20BrN5O3/c1-4-8-26-16(24)14-10(3)19-17-20-21-22-23(17)15(14)12-9-11(18)6-7-13(12)25-5-2/h6-7,9,15H,4-5,8H2,1-3H3,(H,19,20,22). The number of esters is 1. The predicted molar refractivity (Wildman–Crippen MR) is 98.8 cm³/mol. The van der Waals surface area contributed by atoms with Gasteiger partial charge < -0.3 is 14.8 Å². The molecular formula is C17H20BrN5O3. The number of allylic oxidation sites excluding steroid dienone is 1. The number of fused-ring (bicyclic) bond motifs is 1. The molecule has 0 saturated carbocycles. The van der Waals surface area contributed by atoms with Gasteiger partial charge in [-0.2, -0.15) is 4.68 Å². The Morgan fingerprint density at radius 2 is 2.19 bits per heavy atom. The number of tetrazole rings is 1. The molecule has 9 heteroatoms. The maximum Gasteiger partial charge on any atom is 0.338 e. The van der Waals surface area contributed by atoms with Crippen LogP contribution < -0.4 is 10.1 Å². The first-order valence-electron chi connectivity index (χ1n) is 8.41. The van der Waals surface area contributed by atoms with Gasteiger partial charge in [0.05, 0.1) is 18.8 Å². The highest BCUT2D eigenvalue weighted by molar-refractivity contribution is 9.10. The second kappa shape index (κ2) is 7.86. The maximum absolute atomic E-state index is 12.8. The molecule has 1 atom stereocenters. The van der Waals surface area contributed by atoms with Crippen molar-refractivity contribution in [2.45, 2.75) is 33.2 Å². The van der Waals surface area contributed by atoms with Crippen molar-refractivity contribution in [2.75, 3.05) is 18.5 Å². The monoisotopic (exact) mass is 421 g/mol. The molecule has 26 heavy (non-hydrogen) atoms. The van der Waals surface area contributed by atoms with Crippen molar-refractivity contribution in [3.8, 4) is 5.75 Å². The van der Waals surface area contributed by atoms with Crippen LogP contribution in [-0.2, 0) is 9.53 Å². The average Bonchev–Trinajstić information content (AvgIpc) is 3.08. The Kier molecular flexibility index (Phi) is 5.55. The van der Waals surface area contributed by atoms with E-state index in [1.807, 2.05) is 39.0 Å². The predicted octanol–water partition coefficient (Wildman–Crippen LogP) is 3.08. The Balaban J connectivity index is 2.15. The maximum atomic E-state index is 12.8. The van der Waals surface area contributed by atoms with Crippen LogP contribution in [0.15, 0.2) is 33.9 Å². The third-order valence-corrected chi connectivity index (χ3v) is 4.43. The van der Waals surface area contributed by atoms with Crippen molar-refractivity contribution in [2.24, 2.45) is 0 Å². The molecule has 1 aromatic heterocycles. The second-order valence-electron chi connectivity index (χ2n) is 5.76. The number of carbonyl (C=O) groups excluding carboxylic acids is 1. The summed E-state index contributed by atoms with van der Waals surface area (Å²) >= 11 is 3.49. The molecule has 1 aliphatic rings. The molecule has 1 unspecified atom stereocenters. The number of ether oxygens (including phenoxy) is 2. The van der Waals surface area contributed by atoms with Crippen LogP contribution in [0.25, 0.3) is 0 Å². The molecule has 0 amide bonds. The number of halogens is 1. The van der Waals surface area contributed by atoms with Gasteiger partial charge in [-0.25, -0.2) is 4.79 Å². The number of hydrogen-bond acceptors (Lipinski definition) is 7. The van der Waals surface area contributed by atoms with E-state index in [0.717, 1.165) is 16.5 Å². The lowest BCUT2D eigenvalue weighted by Gasteiger charge is -2.28. The van der Waals surface area contributed by atoms with Crippen molar-refractivity contribution in [1.29, 1.82) is 0 Å². The zero-order chi connectivity index (χ0) is 18.7. The first kappa shape index (κ1) is 18.4. The highest BCUT2D eigenvalue weighted by atomic mass is 79.9. The van der Waals surface area contributed by atoms with E-state index >= 15 is 0 Å². The van der Waals surface area contributed by atoms with Gasteiger partial charge in [-0.05, 0) is 48.9 Å². The summed E-state index contributed by atoms with van der Waals surface area (Å²) in [5.74, 6) is 0.727. The Bertz CT molecular complexity index is 849. The average molecular weight is 422 g/mol. The van der Waals surface area contributed by atoms with Gasteiger partial charge in [-0.15, -0.1) is 0 Å². The lowest BCUT2D eigenvalue weighted by atomic mass is 9.95. The van der Waals surface area contributed by atoms with Gasteiger partial charge >= 0.3 is 5.97 Å². The summed E-state index contributed by atoms with van der Waals surface area (Å²) in [6, 6.07) is 5.11. The lowest BCUT2D eigenvalue weighted by Crippen LogP contribution is -2.30. The minimum absolute atomic E-state index is 0.349. The van der Waals surface area contributed by atoms with Gasteiger partial charge in [0.2, 0.25) is 5.95 Å². The third-order valence-electron chi connectivity index (χ3n) is 3.94. The molecule has 0 saturated heterocycles. The van der Waals surface area contributed by atoms with E-state index < -0.39 is 12.0 Å². The van der Waals surface area contributed by atoms with Gasteiger partial charge in [0.25, 0.3) is 0 Å². The summed E-state index contributed by atoms with van der Waals surface area (Å²) in [4.78, 5) is 12.8. The molecule has 1 aliphatic heterocycles. The van der Waals surface area contributed by atoms with E-state index in [2.05, 4.69) is 36.8 Å². The van der Waals surface area contributed by atoms with Crippen LogP contribution in [0.3, 0.4) is 0 Å². The number of nitrogens with zero attached hydrogens (tertiary/aromatic N) is 4. The lowest BCUT2D eigenvalue weighted by molar-refractivity contribution is -0.139. The Labute approximate surface area is 159 Å². The second-order valence-corrected chi connectivity index (χ2v) is 6.68. The smallest absolute Gasteiger partial charge is 0.338 e. The van der Waals surface area contributed by atoms with Crippen molar-refractivity contribution < 1.29 is 14.3 Å². The van der Waals surface area contributed by atoms with Crippen LogP contribution in [0.1, 0.15) is 38.8 Å². The van der Waals surface area contributed by atoms with Crippen molar-refractivity contribution in [1.82, 2.24) is 20.2 Å². The zero-order valence-corrected chi connectivity index (χ0v) is 16.4. The summed E-state index contributed by atoms with van der Waals surface area (Å²) in [5.41, 5.74) is 1.89. The molecule has 2 heterocycles. The molecular weight excluding hydrogens is 402 g/mol. The van der Waals surface area contributed by atoms with Crippen LogP contribution in [0, 0.1) is 0 Å². The van der Waals surface area contributed by atoms with Gasteiger partial charge in [0, 0.05) is 15.7 Å². The number of nitrogens with one attached hydrogen (secondary N) is 1. The van der Waals surface area contributed by atoms with Crippen LogP contribution in [0.2, 0.25) is 0 Å². The summed E-state index contributed by atoms with van der Waals surface area (Å²) in [6.45, 7) is 6.52. The fraction of sp³-hybridized carbons (Fsp3) is 0.412. The summed E-state index contributed by atoms with van der Waals surface area (Å²) in [7, 11) is 0. The minimum Gasteiger partial charge on any atom is -0.494 e. The van der Waals surface area contributed by atoms with E-state index in [4.69, 9.17) is 9.47 Å². The van der Waals surface area contributed by atoms with E-state index in [9.17, 15) is 4.79 Å². The normalized spacial score (nSPS) is 16.1.